The first-order valence-corrected chi connectivity index (χ1v) is 3.39. The summed E-state index contributed by atoms with van der Waals surface area (Å²) < 4.78 is 4.35. The molecule has 1 aromatic carbocycles. The predicted molar refractivity (Wildman–Crippen MR) is 44.9 cm³/mol. The van der Waals surface area contributed by atoms with Crippen LogP contribution in [0.25, 0.3) is 0 Å². The molecule has 0 saturated heterocycles. The van der Waals surface area contributed by atoms with Gasteiger partial charge in [0.2, 0.25) is 5.05 Å². The number of rotatable bonds is 2. The van der Waals surface area contributed by atoms with E-state index in [9.17, 15) is 4.79 Å². The van der Waals surface area contributed by atoms with E-state index in [1.165, 1.54) is 6.47 Å². The molecule has 0 heterocycles. The van der Waals surface area contributed by atoms with Crippen LogP contribution < -0.4 is 0 Å². The summed E-state index contributed by atoms with van der Waals surface area (Å²) in [4.78, 5) is 9.75. The summed E-state index contributed by atoms with van der Waals surface area (Å²) in [5, 5.41) is 0.153. The Bertz CT molecular complexity index is 256. The highest BCUT2D eigenvalue weighted by atomic mass is 32.1. The van der Waals surface area contributed by atoms with Gasteiger partial charge in [0.25, 0.3) is 0 Å². The molecule has 0 aliphatic rings. The molecular formula is C8H5O2S. The third kappa shape index (κ3) is 2.13. The van der Waals surface area contributed by atoms with Crippen LogP contribution in [-0.4, -0.2) is 11.5 Å². The molecule has 0 N–H and O–H groups in total. The van der Waals surface area contributed by atoms with Crippen molar-refractivity contribution < 1.29 is 9.53 Å². The van der Waals surface area contributed by atoms with Crippen molar-refractivity contribution in [3.8, 4) is 0 Å². The van der Waals surface area contributed by atoms with Gasteiger partial charge in [-0.05, 0) is 12.2 Å². The van der Waals surface area contributed by atoms with Crippen molar-refractivity contribution in [2.24, 2.45) is 0 Å². The zero-order valence-corrected chi connectivity index (χ0v) is 6.43. The van der Waals surface area contributed by atoms with Crippen LogP contribution >= 0.6 is 12.2 Å². The molecule has 0 aromatic heterocycles. The maximum atomic E-state index is 9.75. The Morgan fingerprint density at radius 2 is 2.00 bits per heavy atom. The van der Waals surface area contributed by atoms with Crippen LogP contribution in [0.1, 0.15) is 5.56 Å². The second kappa shape index (κ2) is 3.83. The highest BCUT2D eigenvalue weighted by molar-refractivity contribution is 7.80. The molecule has 0 fully saturated rings. The van der Waals surface area contributed by atoms with Gasteiger partial charge in [-0.2, -0.15) is 0 Å². The number of benzene rings is 1. The van der Waals surface area contributed by atoms with Crippen molar-refractivity contribution in [1.82, 2.24) is 0 Å². The van der Waals surface area contributed by atoms with Crippen LogP contribution in [0.2, 0.25) is 0 Å². The average Bonchev–Trinajstić information content (AvgIpc) is 2.07. The SMILES string of the molecule is O=[C]OC(=S)c1ccccc1. The lowest BCUT2D eigenvalue weighted by Gasteiger charge is -1.96. The minimum Gasteiger partial charge on any atom is -0.405 e. The molecule has 1 radical (unpaired) electrons. The first-order chi connectivity index (χ1) is 5.34. The van der Waals surface area contributed by atoms with Gasteiger partial charge >= 0.3 is 6.47 Å². The van der Waals surface area contributed by atoms with Gasteiger partial charge in [0.15, 0.2) is 0 Å². The third-order valence-electron chi connectivity index (χ3n) is 1.14. The number of ether oxygens (including phenoxy) is 1. The summed E-state index contributed by atoms with van der Waals surface area (Å²) in [6.07, 6.45) is 0. The predicted octanol–water partition coefficient (Wildman–Crippen LogP) is 1.45. The number of carbonyl (C=O) groups excluding carboxylic acids is 1. The number of hydrogen-bond donors (Lipinski definition) is 0. The Morgan fingerprint density at radius 3 is 2.55 bits per heavy atom. The summed E-state index contributed by atoms with van der Waals surface area (Å²) in [5.74, 6) is 0. The van der Waals surface area contributed by atoms with Crippen LogP contribution in [0.3, 0.4) is 0 Å². The molecule has 11 heavy (non-hydrogen) atoms. The molecule has 0 saturated carbocycles. The van der Waals surface area contributed by atoms with E-state index in [0.717, 1.165) is 0 Å². The van der Waals surface area contributed by atoms with Crippen molar-refractivity contribution in [3.05, 3.63) is 35.9 Å². The lowest BCUT2D eigenvalue weighted by atomic mass is 10.2. The molecule has 0 aliphatic carbocycles. The smallest absolute Gasteiger partial charge is 0.405 e. The van der Waals surface area contributed by atoms with Crippen LogP contribution in [0.5, 0.6) is 0 Å². The van der Waals surface area contributed by atoms with Gasteiger partial charge in [0.05, 0.1) is 0 Å². The molecule has 3 heteroatoms. The van der Waals surface area contributed by atoms with Gasteiger partial charge < -0.3 is 4.74 Å². The number of thiocarbonyl (C=S) groups is 1. The van der Waals surface area contributed by atoms with Crippen molar-refractivity contribution in [2.45, 2.75) is 0 Å². The lowest BCUT2D eigenvalue weighted by Crippen LogP contribution is -2.00. The molecular weight excluding hydrogens is 160 g/mol. The minimum atomic E-state index is 0.153. The van der Waals surface area contributed by atoms with Crippen LogP contribution in [0.15, 0.2) is 30.3 Å². The molecule has 2 nitrogen and oxygen atoms in total. The van der Waals surface area contributed by atoms with Crippen molar-refractivity contribution in [3.63, 3.8) is 0 Å². The first-order valence-electron chi connectivity index (χ1n) is 2.98. The summed E-state index contributed by atoms with van der Waals surface area (Å²) in [5.41, 5.74) is 0.714. The Balaban J connectivity index is 2.77. The average molecular weight is 165 g/mol. The molecule has 1 rings (SSSR count). The summed E-state index contributed by atoms with van der Waals surface area (Å²) in [7, 11) is 0. The molecule has 0 spiro atoms. The summed E-state index contributed by atoms with van der Waals surface area (Å²) in [6.45, 7) is 1.27. The van der Waals surface area contributed by atoms with Crippen molar-refractivity contribution in [1.29, 1.82) is 0 Å². The first kappa shape index (κ1) is 7.88. The fraction of sp³-hybridized carbons (Fsp3) is 0. The van der Waals surface area contributed by atoms with Gasteiger partial charge in [0, 0.05) is 5.56 Å². The van der Waals surface area contributed by atoms with Crippen LogP contribution in [0, 0.1) is 0 Å². The molecule has 1 aromatic rings. The Morgan fingerprint density at radius 1 is 1.36 bits per heavy atom. The largest absolute Gasteiger partial charge is 0.424 e. The monoisotopic (exact) mass is 165 g/mol. The quantitative estimate of drug-likeness (QED) is 0.620. The molecule has 0 amide bonds. The Labute approximate surface area is 69.8 Å². The maximum absolute atomic E-state index is 9.75. The lowest BCUT2D eigenvalue weighted by molar-refractivity contribution is 0.444. The third-order valence-corrected chi connectivity index (χ3v) is 1.46. The highest BCUT2D eigenvalue weighted by Gasteiger charge is 1.98. The van der Waals surface area contributed by atoms with Gasteiger partial charge in [0.1, 0.15) is 0 Å². The maximum Gasteiger partial charge on any atom is 0.424 e. The van der Waals surface area contributed by atoms with Gasteiger partial charge in [-0.3, -0.25) is 0 Å². The molecule has 0 aliphatic heterocycles. The van der Waals surface area contributed by atoms with Crippen LogP contribution in [0.4, 0.5) is 0 Å². The highest BCUT2D eigenvalue weighted by Crippen LogP contribution is 2.00. The standard InChI is InChI=1S/C8H5O2S/c9-6-10-8(11)7-4-2-1-3-5-7/h1-5H. The van der Waals surface area contributed by atoms with E-state index < -0.39 is 0 Å². The Hall–Kier alpha value is -1.22. The normalized spacial score (nSPS) is 8.73. The van der Waals surface area contributed by atoms with E-state index in [-0.39, 0.29) is 5.05 Å². The van der Waals surface area contributed by atoms with E-state index in [0.29, 0.717) is 5.56 Å². The fourth-order valence-corrected chi connectivity index (χ4v) is 0.841. The molecule has 0 unspecified atom stereocenters. The van der Waals surface area contributed by atoms with E-state index in [1.807, 2.05) is 18.2 Å². The summed E-state index contributed by atoms with van der Waals surface area (Å²) in [6, 6.07) is 9.02. The van der Waals surface area contributed by atoms with Crippen LogP contribution in [-0.2, 0) is 9.53 Å². The van der Waals surface area contributed by atoms with E-state index in [2.05, 4.69) is 4.74 Å². The molecule has 0 atom stereocenters. The zero-order valence-electron chi connectivity index (χ0n) is 5.61. The van der Waals surface area contributed by atoms with E-state index in [4.69, 9.17) is 12.2 Å². The van der Waals surface area contributed by atoms with Crippen molar-refractivity contribution >= 4 is 23.7 Å². The van der Waals surface area contributed by atoms with Crippen molar-refractivity contribution in [2.75, 3.05) is 0 Å². The number of hydrogen-bond acceptors (Lipinski definition) is 3. The van der Waals surface area contributed by atoms with E-state index >= 15 is 0 Å². The van der Waals surface area contributed by atoms with Gasteiger partial charge in [-0.1, -0.05) is 30.3 Å². The van der Waals surface area contributed by atoms with Gasteiger partial charge in [-0.15, -0.1) is 0 Å². The fourth-order valence-electron chi connectivity index (χ4n) is 0.671. The molecule has 0 bridgehead atoms. The summed E-state index contributed by atoms with van der Waals surface area (Å²) >= 11 is 4.73. The zero-order chi connectivity index (χ0) is 8.10. The topological polar surface area (TPSA) is 26.3 Å². The van der Waals surface area contributed by atoms with Gasteiger partial charge in [-0.25, -0.2) is 4.79 Å². The van der Waals surface area contributed by atoms with E-state index in [1.54, 1.807) is 12.1 Å². The molecule has 55 valence electrons. The Kier molecular flexibility index (Phi) is 2.74. The second-order valence-electron chi connectivity index (χ2n) is 1.84. The second-order valence-corrected chi connectivity index (χ2v) is 2.21. The minimum absolute atomic E-state index is 0.153.